The predicted octanol–water partition coefficient (Wildman–Crippen LogP) is 2.00. The number of rotatable bonds is 4. The smallest absolute Gasteiger partial charge is 0.251 e. The zero-order valence-electron chi connectivity index (χ0n) is 12.6. The highest BCUT2D eigenvalue weighted by atomic mass is 32.2. The Morgan fingerprint density at radius 1 is 1.30 bits per heavy atom. The van der Waals surface area contributed by atoms with Crippen molar-refractivity contribution in [1.29, 1.82) is 0 Å². The Labute approximate surface area is 121 Å². The first-order valence-corrected chi connectivity index (χ1v) is 8.07. The topological polar surface area (TPSA) is 66.5 Å². The maximum Gasteiger partial charge on any atom is 0.251 e. The van der Waals surface area contributed by atoms with E-state index >= 15 is 0 Å². The molecule has 20 heavy (non-hydrogen) atoms. The highest BCUT2D eigenvalue weighted by Gasteiger charge is 2.19. The summed E-state index contributed by atoms with van der Waals surface area (Å²) < 4.78 is 24.9. The number of benzene rings is 1. The van der Waals surface area contributed by atoms with Crippen LogP contribution in [0.2, 0.25) is 0 Å². The van der Waals surface area contributed by atoms with Gasteiger partial charge in [0.2, 0.25) is 10.0 Å². The van der Waals surface area contributed by atoms with Gasteiger partial charge in [-0.25, -0.2) is 8.42 Å². The van der Waals surface area contributed by atoms with Gasteiger partial charge in [-0.3, -0.25) is 9.10 Å². The fourth-order valence-corrected chi connectivity index (χ4v) is 2.43. The molecule has 0 aliphatic rings. The van der Waals surface area contributed by atoms with Gasteiger partial charge in [-0.1, -0.05) is 6.07 Å². The average Bonchev–Trinajstić information content (AvgIpc) is 2.36. The monoisotopic (exact) mass is 298 g/mol. The largest absolute Gasteiger partial charge is 0.347 e. The summed E-state index contributed by atoms with van der Waals surface area (Å²) in [6.45, 7) is 7.26. The van der Waals surface area contributed by atoms with Gasteiger partial charge in [0, 0.05) is 18.2 Å². The zero-order chi connectivity index (χ0) is 15.6. The molecule has 6 heteroatoms. The van der Waals surface area contributed by atoms with E-state index in [9.17, 15) is 13.2 Å². The molecule has 0 aliphatic carbocycles. The summed E-state index contributed by atoms with van der Waals surface area (Å²) >= 11 is 0. The van der Waals surface area contributed by atoms with Crippen molar-refractivity contribution in [3.63, 3.8) is 0 Å². The number of hydrogen-bond donors (Lipinski definition) is 1. The molecule has 0 saturated heterocycles. The van der Waals surface area contributed by atoms with Gasteiger partial charge in [0.05, 0.1) is 11.4 Å². The summed E-state index contributed by atoms with van der Waals surface area (Å²) in [5, 5.41) is 2.85. The number of nitrogens with one attached hydrogen (secondary N) is 1. The van der Waals surface area contributed by atoms with Crippen molar-refractivity contribution >= 4 is 21.6 Å². The van der Waals surface area contributed by atoms with E-state index in [4.69, 9.17) is 0 Å². The lowest BCUT2D eigenvalue weighted by Crippen LogP contribution is -2.40. The molecule has 0 aromatic heterocycles. The normalized spacial score (nSPS) is 12.1. The number of hydrogen-bond acceptors (Lipinski definition) is 3. The van der Waals surface area contributed by atoms with Crippen LogP contribution in [0.1, 0.15) is 38.1 Å². The first kappa shape index (κ1) is 16.5. The third kappa shape index (κ3) is 4.23. The van der Waals surface area contributed by atoms with Gasteiger partial charge in [-0.15, -0.1) is 0 Å². The van der Waals surface area contributed by atoms with Crippen molar-refractivity contribution in [1.82, 2.24) is 5.32 Å². The number of nitrogens with zero attached hydrogens (tertiary/aromatic N) is 1. The molecule has 112 valence electrons. The second kappa shape index (κ2) is 5.83. The second-order valence-corrected chi connectivity index (χ2v) is 7.91. The van der Waals surface area contributed by atoms with E-state index in [0.29, 0.717) is 11.3 Å². The molecule has 0 radical (unpaired) electrons. The van der Waals surface area contributed by atoms with Crippen LogP contribution in [0.3, 0.4) is 0 Å². The molecule has 0 spiro atoms. The number of sulfonamides is 1. The molecule has 0 fully saturated rings. The van der Waals surface area contributed by atoms with E-state index in [2.05, 4.69) is 5.32 Å². The molecule has 0 unspecified atom stereocenters. The molecule has 5 nitrogen and oxygen atoms in total. The highest BCUT2D eigenvalue weighted by Crippen LogP contribution is 2.18. The van der Waals surface area contributed by atoms with Gasteiger partial charge in [0.25, 0.3) is 5.91 Å². The van der Waals surface area contributed by atoms with Crippen molar-refractivity contribution in [3.05, 3.63) is 29.8 Å². The van der Waals surface area contributed by atoms with E-state index in [1.54, 1.807) is 31.2 Å². The highest BCUT2D eigenvalue weighted by molar-refractivity contribution is 7.92. The zero-order valence-corrected chi connectivity index (χ0v) is 13.4. The van der Waals surface area contributed by atoms with Crippen LogP contribution in [0.4, 0.5) is 5.69 Å². The molecule has 1 amide bonds. The van der Waals surface area contributed by atoms with E-state index in [0.717, 1.165) is 0 Å². The maximum atomic E-state index is 12.1. The van der Waals surface area contributed by atoms with E-state index in [1.165, 1.54) is 11.4 Å². The van der Waals surface area contributed by atoms with Crippen LogP contribution >= 0.6 is 0 Å². The van der Waals surface area contributed by atoms with Crippen molar-refractivity contribution in [3.8, 4) is 0 Å². The predicted molar refractivity (Wildman–Crippen MR) is 81.5 cm³/mol. The number of carbonyl (C=O) groups is 1. The van der Waals surface area contributed by atoms with Crippen LogP contribution in [-0.2, 0) is 10.0 Å². The third-order valence-electron chi connectivity index (χ3n) is 2.74. The average molecular weight is 298 g/mol. The van der Waals surface area contributed by atoms with Gasteiger partial charge in [-0.05, 0) is 45.9 Å². The molecular weight excluding hydrogens is 276 g/mol. The Morgan fingerprint density at radius 3 is 2.40 bits per heavy atom. The van der Waals surface area contributed by atoms with E-state index < -0.39 is 10.0 Å². The molecule has 1 rings (SSSR count). The molecule has 1 N–H and O–H groups in total. The minimum atomic E-state index is -3.33. The van der Waals surface area contributed by atoms with Gasteiger partial charge in [0.15, 0.2) is 0 Å². The van der Waals surface area contributed by atoms with Crippen molar-refractivity contribution in [2.75, 3.05) is 17.1 Å². The molecule has 0 atom stereocenters. The Bertz CT molecular complexity index is 589. The molecule has 0 aliphatic heterocycles. The van der Waals surface area contributed by atoms with Crippen LogP contribution in [0.15, 0.2) is 24.3 Å². The summed E-state index contributed by atoms with van der Waals surface area (Å²) in [5.41, 5.74) is 0.582. The SMILES string of the molecule is CCS(=O)(=O)N(C)c1cccc(C(=O)NC(C)(C)C)c1. The lowest BCUT2D eigenvalue weighted by atomic mass is 10.1. The van der Waals surface area contributed by atoms with Gasteiger partial charge in [-0.2, -0.15) is 0 Å². The first-order chi connectivity index (χ1) is 9.07. The van der Waals surface area contributed by atoms with E-state index in [1.807, 2.05) is 20.8 Å². The third-order valence-corrected chi connectivity index (χ3v) is 4.52. The van der Waals surface area contributed by atoms with E-state index in [-0.39, 0.29) is 17.2 Å². The lowest BCUT2D eigenvalue weighted by Gasteiger charge is -2.22. The molecule has 0 bridgehead atoms. The van der Waals surface area contributed by atoms with Gasteiger partial charge >= 0.3 is 0 Å². The Balaban J connectivity index is 3.06. The molecule has 0 heterocycles. The number of amides is 1. The summed E-state index contributed by atoms with van der Waals surface area (Å²) in [6, 6.07) is 6.58. The van der Waals surface area contributed by atoms with Gasteiger partial charge in [0.1, 0.15) is 0 Å². The Kier molecular flexibility index (Phi) is 4.81. The van der Waals surface area contributed by atoms with Crippen LogP contribution in [0.5, 0.6) is 0 Å². The van der Waals surface area contributed by atoms with Crippen LogP contribution in [0, 0.1) is 0 Å². The molecule has 1 aromatic rings. The second-order valence-electron chi connectivity index (χ2n) is 5.62. The number of anilines is 1. The fourth-order valence-electron chi connectivity index (χ4n) is 1.61. The fraction of sp³-hybridized carbons (Fsp3) is 0.500. The number of carbonyl (C=O) groups excluding carboxylic acids is 1. The first-order valence-electron chi connectivity index (χ1n) is 6.46. The van der Waals surface area contributed by atoms with Crippen LogP contribution < -0.4 is 9.62 Å². The minimum Gasteiger partial charge on any atom is -0.347 e. The quantitative estimate of drug-likeness (QED) is 0.924. The maximum absolute atomic E-state index is 12.1. The van der Waals surface area contributed by atoms with Crippen molar-refractivity contribution in [2.45, 2.75) is 33.2 Å². The van der Waals surface area contributed by atoms with Crippen molar-refractivity contribution in [2.24, 2.45) is 0 Å². The molecule has 0 saturated carbocycles. The molecule has 1 aromatic carbocycles. The Hall–Kier alpha value is -1.56. The molecular formula is C14H22N2O3S. The summed E-state index contributed by atoms with van der Waals surface area (Å²) in [5.74, 6) is -0.205. The van der Waals surface area contributed by atoms with Crippen molar-refractivity contribution < 1.29 is 13.2 Å². The Morgan fingerprint density at radius 2 is 1.90 bits per heavy atom. The van der Waals surface area contributed by atoms with Crippen LogP contribution in [-0.4, -0.2) is 32.7 Å². The summed E-state index contributed by atoms with van der Waals surface area (Å²) in [7, 11) is -1.84. The van der Waals surface area contributed by atoms with Gasteiger partial charge < -0.3 is 5.32 Å². The standard InChI is InChI=1S/C14H22N2O3S/c1-6-20(18,19)16(5)12-9-7-8-11(10-12)13(17)15-14(2,3)4/h7-10H,6H2,1-5H3,(H,15,17). The summed E-state index contributed by atoms with van der Waals surface area (Å²) in [6.07, 6.45) is 0. The van der Waals surface area contributed by atoms with Crippen LogP contribution in [0.25, 0.3) is 0 Å². The minimum absolute atomic E-state index is 0.0158. The lowest BCUT2D eigenvalue weighted by molar-refractivity contribution is 0.0919. The summed E-state index contributed by atoms with van der Waals surface area (Å²) in [4.78, 5) is 12.1.